The van der Waals surface area contributed by atoms with Gasteiger partial charge in [0, 0.05) is 5.54 Å². The summed E-state index contributed by atoms with van der Waals surface area (Å²) >= 11 is 0. The number of epoxide rings is 1. The molecule has 1 saturated heterocycles. The van der Waals surface area contributed by atoms with Crippen LogP contribution >= 0.6 is 0 Å². The summed E-state index contributed by atoms with van der Waals surface area (Å²) in [7, 11) is 0. The molecule has 0 aromatic heterocycles. The second-order valence-corrected chi connectivity index (χ2v) is 12.1. The number of aliphatic hydroxyl groups is 1. The summed E-state index contributed by atoms with van der Waals surface area (Å²) in [6, 6.07) is 0. The highest BCUT2D eigenvalue weighted by atomic mass is 16.6. The highest BCUT2D eigenvalue weighted by Gasteiger charge is 2.66. The molecule has 5 aliphatic rings. The number of hydrogen-bond donors (Lipinski definition) is 2. The minimum absolute atomic E-state index is 0.00502. The molecular formula is C24H41NO2. The molecule has 5 rings (SSSR count). The first kappa shape index (κ1) is 18.9. The van der Waals surface area contributed by atoms with Crippen LogP contribution in [-0.4, -0.2) is 28.5 Å². The van der Waals surface area contributed by atoms with Crippen LogP contribution in [0, 0.1) is 40.9 Å². The third-order valence-corrected chi connectivity index (χ3v) is 10.4. The van der Waals surface area contributed by atoms with Gasteiger partial charge in [0.25, 0.3) is 0 Å². The Morgan fingerprint density at radius 2 is 1.67 bits per heavy atom. The minimum Gasteiger partial charge on any atom is -0.390 e. The zero-order valence-corrected chi connectivity index (χ0v) is 18.0. The van der Waals surface area contributed by atoms with E-state index in [1.807, 2.05) is 6.92 Å². The summed E-state index contributed by atoms with van der Waals surface area (Å²) in [5.41, 5.74) is 7.47. The Balaban J connectivity index is 1.47. The van der Waals surface area contributed by atoms with Crippen molar-refractivity contribution in [3.63, 3.8) is 0 Å². The standard InChI is InChI=1S/C24H41NO2/c1-15-5-8-19(23(4)14-27-23)22(3)11-12-24(25)17-9-10-21(2,26)13-16(17)6-7-18(24)20(15)22/h15-20,26H,5-14,25H2,1-4H3/t15-,16-,17+,18+,19+,20+,21-,22-,23?,24+/m1/s1. The van der Waals surface area contributed by atoms with Crippen LogP contribution in [0.1, 0.15) is 85.5 Å². The maximum absolute atomic E-state index is 10.6. The normalized spacial score (nSPS) is 62.9. The van der Waals surface area contributed by atoms with E-state index in [4.69, 9.17) is 10.5 Å². The molecule has 3 nitrogen and oxygen atoms in total. The molecule has 0 radical (unpaired) electrons. The number of hydrogen-bond acceptors (Lipinski definition) is 3. The van der Waals surface area contributed by atoms with Gasteiger partial charge in [-0.3, -0.25) is 0 Å². The van der Waals surface area contributed by atoms with Crippen molar-refractivity contribution in [1.82, 2.24) is 0 Å². The van der Waals surface area contributed by atoms with Crippen molar-refractivity contribution in [3.8, 4) is 0 Å². The van der Waals surface area contributed by atoms with E-state index in [9.17, 15) is 5.11 Å². The summed E-state index contributed by atoms with van der Waals surface area (Å²) in [6.45, 7) is 10.5. The van der Waals surface area contributed by atoms with Crippen LogP contribution in [0.5, 0.6) is 0 Å². The fourth-order valence-corrected chi connectivity index (χ4v) is 9.17. The number of fused-ring (bicyclic) bond motifs is 5. The first-order chi connectivity index (χ1) is 12.6. The van der Waals surface area contributed by atoms with E-state index < -0.39 is 5.60 Å². The molecule has 0 aromatic rings. The zero-order chi connectivity index (χ0) is 19.2. The van der Waals surface area contributed by atoms with Crippen LogP contribution in [0.2, 0.25) is 0 Å². The van der Waals surface area contributed by atoms with Crippen LogP contribution < -0.4 is 5.73 Å². The van der Waals surface area contributed by atoms with E-state index in [2.05, 4.69) is 20.8 Å². The van der Waals surface area contributed by atoms with E-state index in [1.165, 1.54) is 38.5 Å². The maximum Gasteiger partial charge on any atom is 0.0921 e. The van der Waals surface area contributed by atoms with E-state index in [1.54, 1.807) is 0 Å². The molecule has 10 atom stereocenters. The van der Waals surface area contributed by atoms with E-state index in [0.29, 0.717) is 29.1 Å². The molecule has 0 spiro atoms. The lowest BCUT2D eigenvalue weighted by atomic mass is 9.40. The molecule has 154 valence electrons. The smallest absolute Gasteiger partial charge is 0.0921 e. The third-order valence-electron chi connectivity index (χ3n) is 10.4. The third kappa shape index (κ3) is 2.63. The van der Waals surface area contributed by atoms with Gasteiger partial charge in [0.15, 0.2) is 0 Å². The van der Waals surface area contributed by atoms with Gasteiger partial charge < -0.3 is 15.6 Å². The summed E-state index contributed by atoms with van der Waals surface area (Å²) in [4.78, 5) is 0. The largest absolute Gasteiger partial charge is 0.390 e. The molecule has 1 unspecified atom stereocenters. The van der Waals surface area contributed by atoms with E-state index in [-0.39, 0.29) is 11.1 Å². The molecule has 4 aliphatic carbocycles. The van der Waals surface area contributed by atoms with Crippen molar-refractivity contribution < 1.29 is 9.84 Å². The second kappa shape index (κ2) is 5.73. The van der Waals surface area contributed by atoms with Crippen molar-refractivity contribution in [2.45, 2.75) is 102 Å². The van der Waals surface area contributed by atoms with Gasteiger partial charge in [-0.2, -0.15) is 0 Å². The summed E-state index contributed by atoms with van der Waals surface area (Å²) in [5, 5.41) is 10.6. The van der Waals surface area contributed by atoms with Gasteiger partial charge in [0.1, 0.15) is 0 Å². The van der Waals surface area contributed by atoms with Gasteiger partial charge in [-0.05, 0) is 106 Å². The number of ether oxygens (including phenoxy) is 1. The maximum atomic E-state index is 10.6. The Labute approximate surface area is 165 Å². The van der Waals surface area contributed by atoms with E-state index in [0.717, 1.165) is 37.7 Å². The Morgan fingerprint density at radius 1 is 0.926 bits per heavy atom. The molecule has 3 heteroatoms. The van der Waals surface area contributed by atoms with Gasteiger partial charge in [-0.1, -0.05) is 20.3 Å². The predicted molar refractivity (Wildman–Crippen MR) is 108 cm³/mol. The average Bonchev–Trinajstić information content (AvgIpc) is 3.32. The molecule has 1 aliphatic heterocycles. The Bertz CT molecular complexity index is 614. The molecule has 3 N–H and O–H groups in total. The fourth-order valence-electron chi connectivity index (χ4n) is 9.17. The van der Waals surface area contributed by atoms with Crippen LogP contribution in [0.25, 0.3) is 0 Å². The van der Waals surface area contributed by atoms with Crippen LogP contribution in [-0.2, 0) is 4.74 Å². The van der Waals surface area contributed by atoms with Crippen LogP contribution in [0.3, 0.4) is 0 Å². The van der Waals surface area contributed by atoms with Gasteiger partial charge in [-0.15, -0.1) is 0 Å². The molecule has 0 aromatic carbocycles. The second-order valence-electron chi connectivity index (χ2n) is 12.1. The molecule has 5 fully saturated rings. The first-order valence-electron chi connectivity index (χ1n) is 11.7. The SMILES string of the molecule is C[C@@H]1CC[C@H](C2(C)CO2)[C@@]2(C)CC[C@]3(N)[C@H]4CC[C@@](C)(O)C[C@H]4CC[C@H]3[C@H]12. The van der Waals surface area contributed by atoms with Crippen LogP contribution in [0.4, 0.5) is 0 Å². The van der Waals surface area contributed by atoms with Gasteiger partial charge in [-0.25, -0.2) is 0 Å². The van der Waals surface area contributed by atoms with Crippen molar-refractivity contribution in [2.24, 2.45) is 46.7 Å². The van der Waals surface area contributed by atoms with Crippen LogP contribution in [0.15, 0.2) is 0 Å². The lowest BCUT2D eigenvalue weighted by molar-refractivity contribution is -0.162. The molecule has 4 saturated carbocycles. The van der Waals surface area contributed by atoms with Gasteiger partial charge in [0.2, 0.25) is 0 Å². The molecule has 1 heterocycles. The average molecular weight is 376 g/mol. The monoisotopic (exact) mass is 375 g/mol. The highest BCUT2D eigenvalue weighted by molar-refractivity contribution is 5.17. The van der Waals surface area contributed by atoms with Gasteiger partial charge >= 0.3 is 0 Å². The highest BCUT2D eigenvalue weighted by Crippen LogP contribution is 2.67. The van der Waals surface area contributed by atoms with E-state index >= 15 is 0 Å². The van der Waals surface area contributed by atoms with Crippen molar-refractivity contribution in [1.29, 1.82) is 0 Å². The summed E-state index contributed by atoms with van der Waals surface area (Å²) in [5.74, 6) is 4.17. The molecule has 27 heavy (non-hydrogen) atoms. The predicted octanol–water partition coefficient (Wildman–Crippen LogP) is 4.51. The van der Waals surface area contributed by atoms with Gasteiger partial charge in [0.05, 0.1) is 17.8 Å². The quantitative estimate of drug-likeness (QED) is 0.663. The number of rotatable bonds is 1. The topological polar surface area (TPSA) is 58.8 Å². The van der Waals surface area contributed by atoms with Crippen molar-refractivity contribution in [2.75, 3.05) is 6.61 Å². The fraction of sp³-hybridized carbons (Fsp3) is 1.00. The first-order valence-corrected chi connectivity index (χ1v) is 11.7. The summed E-state index contributed by atoms with van der Waals surface area (Å²) < 4.78 is 6.00. The van der Waals surface area contributed by atoms with Crippen molar-refractivity contribution >= 4 is 0 Å². The Kier molecular flexibility index (Phi) is 4.01. The summed E-state index contributed by atoms with van der Waals surface area (Å²) in [6.07, 6.45) is 10.7. The number of nitrogens with two attached hydrogens (primary N) is 1. The lowest BCUT2D eigenvalue weighted by Crippen LogP contribution is -2.69. The molecular weight excluding hydrogens is 334 g/mol. The Hall–Kier alpha value is -0.120. The molecule has 0 amide bonds. The van der Waals surface area contributed by atoms with Crippen molar-refractivity contribution in [3.05, 3.63) is 0 Å². The Morgan fingerprint density at radius 3 is 2.37 bits per heavy atom. The lowest BCUT2D eigenvalue weighted by Gasteiger charge is -2.66. The zero-order valence-electron chi connectivity index (χ0n) is 18.0. The minimum atomic E-state index is -0.464. The molecule has 0 bridgehead atoms.